The molecule has 1 aliphatic heterocycles. The van der Waals surface area contributed by atoms with Crippen LogP contribution in [0.25, 0.3) is 0 Å². The van der Waals surface area contributed by atoms with Crippen LogP contribution in [0.4, 0.5) is 22.4 Å². The SMILES string of the molecule is C[C@@H](c1ccc(C(F)(F)F)cc1)N1CCC(CC(C)(C)O)(c2ccc(F)cc2)OC1=O. The van der Waals surface area contributed by atoms with Gasteiger partial charge in [0.25, 0.3) is 0 Å². The third kappa shape index (κ3) is 5.18. The third-order valence-electron chi connectivity index (χ3n) is 5.55. The predicted molar refractivity (Wildman–Crippen MR) is 107 cm³/mol. The number of alkyl halides is 3. The summed E-state index contributed by atoms with van der Waals surface area (Å²) >= 11 is 0. The summed E-state index contributed by atoms with van der Waals surface area (Å²) in [6.45, 7) is 5.17. The molecule has 1 fully saturated rings. The standard InChI is InChI=1S/C23H25F4NO3/c1-15(16-4-6-18(7-5-16)23(25,26)27)28-13-12-22(31-20(28)29,14-21(2,3)30)17-8-10-19(24)11-9-17/h4-11,15,30H,12-14H2,1-3H3/t15-,22?/m0/s1. The molecule has 1 N–H and O–H groups in total. The van der Waals surface area contributed by atoms with Crippen LogP contribution in [0.2, 0.25) is 0 Å². The van der Waals surface area contributed by atoms with Gasteiger partial charge in [0, 0.05) is 19.4 Å². The van der Waals surface area contributed by atoms with Gasteiger partial charge in [0.2, 0.25) is 0 Å². The molecular weight excluding hydrogens is 414 g/mol. The second kappa shape index (κ2) is 8.15. The van der Waals surface area contributed by atoms with Crippen LogP contribution in [-0.2, 0) is 16.5 Å². The van der Waals surface area contributed by atoms with Crippen LogP contribution >= 0.6 is 0 Å². The number of cyclic esters (lactones) is 1. The summed E-state index contributed by atoms with van der Waals surface area (Å²) in [7, 11) is 0. The minimum absolute atomic E-state index is 0.111. The number of hydrogen-bond donors (Lipinski definition) is 1. The summed E-state index contributed by atoms with van der Waals surface area (Å²) in [5.74, 6) is -0.429. The highest BCUT2D eigenvalue weighted by Gasteiger charge is 2.46. The molecule has 0 bridgehead atoms. The molecule has 0 spiro atoms. The minimum Gasteiger partial charge on any atom is -0.438 e. The van der Waals surface area contributed by atoms with Crippen LogP contribution in [-0.4, -0.2) is 28.2 Å². The maximum atomic E-state index is 13.4. The predicted octanol–water partition coefficient (Wildman–Crippen LogP) is 5.80. The van der Waals surface area contributed by atoms with Gasteiger partial charge >= 0.3 is 12.3 Å². The number of aliphatic hydroxyl groups is 1. The van der Waals surface area contributed by atoms with Crippen molar-refractivity contribution < 1.29 is 32.2 Å². The molecule has 1 aliphatic rings. The highest BCUT2D eigenvalue weighted by atomic mass is 19.4. The lowest BCUT2D eigenvalue weighted by atomic mass is 9.80. The molecular formula is C23H25F4NO3. The lowest BCUT2D eigenvalue weighted by Gasteiger charge is -2.45. The summed E-state index contributed by atoms with van der Waals surface area (Å²) in [5.41, 5.74) is -1.94. The quantitative estimate of drug-likeness (QED) is 0.599. The van der Waals surface area contributed by atoms with Crippen molar-refractivity contribution in [3.05, 3.63) is 71.0 Å². The monoisotopic (exact) mass is 439 g/mol. The molecule has 0 aliphatic carbocycles. The molecule has 168 valence electrons. The van der Waals surface area contributed by atoms with Gasteiger partial charge in [-0.1, -0.05) is 24.3 Å². The van der Waals surface area contributed by atoms with Gasteiger partial charge in [0.1, 0.15) is 11.4 Å². The van der Waals surface area contributed by atoms with Gasteiger partial charge in [0.05, 0.1) is 17.2 Å². The summed E-state index contributed by atoms with van der Waals surface area (Å²) in [6.07, 6.45) is -4.64. The number of rotatable bonds is 5. The van der Waals surface area contributed by atoms with Gasteiger partial charge < -0.3 is 14.7 Å². The molecule has 1 amide bonds. The summed E-state index contributed by atoms with van der Waals surface area (Å²) in [6, 6.07) is 9.75. The number of carbonyl (C=O) groups is 1. The van der Waals surface area contributed by atoms with Crippen LogP contribution < -0.4 is 0 Å². The Balaban J connectivity index is 1.84. The molecule has 1 saturated heterocycles. The second-order valence-electron chi connectivity index (χ2n) is 8.60. The lowest BCUT2D eigenvalue weighted by molar-refractivity contribution is -0.137. The molecule has 2 aromatic rings. The number of nitrogens with zero attached hydrogens (tertiary/aromatic N) is 1. The molecule has 31 heavy (non-hydrogen) atoms. The maximum Gasteiger partial charge on any atom is 0.416 e. The molecule has 8 heteroatoms. The Hall–Kier alpha value is -2.61. The van der Waals surface area contributed by atoms with Crippen LogP contribution in [0, 0.1) is 5.82 Å². The highest BCUT2D eigenvalue weighted by Crippen LogP contribution is 2.42. The summed E-state index contributed by atoms with van der Waals surface area (Å²) in [5, 5.41) is 10.4. The van der Waals surface area contributed by atoms with E-state index in [1.54, 1.807) is 20.8 Å². The fourth-order valence-electron chi connectivity index (χ4n) is 4.03. The first-order chi connectivity index (χ1) is 14.3. The number of amides is 1. The summed E-state index contributed by atoms with van der Waals surface area (Å²) in [4.78, 5) is 14.4. The van der Waals surface area contributed by atoms with Crippen LogP contribution in [0.3, 0.4) is 0 Å². The average Bonchev–Trinajstić information content (AvgIpc) is 2.66. The van der Waals surface area contributed by atoms with E-state index in [1.807, 2.05) is 0 Å². The van der Waals surface area contributed by atoms with Crippen molar-refractivity contribution >= 4 is 6.09 Å². The van der Waals surface area contributed by atoms with Crippen LogP contribution in [0.15, 0.2) is 48.5 Å². The van der Waals surface area contributed by atoms with Gasteiger partial charge in [-0.05, 0) is 56.2 Å². The lowest BCUT2D eigenvalue weighted by Crippen LogP contribution is -2.51. The van der Waals surface area contributed by atoms with Crippen LogP contribution in [0.5, 0.6) is 0 Å². The van der Waals surface area contributed by atoms with Gasteiger partial charge in [-0.15, -0.1) is 0 Å². The van der Waals surface area contributed by atoms with Gasteiger partial charge in [0.15, 0.2) is 0 Å². The van der Waals surface area contributed by atoms with Gasteiger partial charge in [-0.25, -0.2) is 9.18 Å². The van der Waals surface area contributed by atoms with E-state index in [4.69, 9.17) is 4.74 Å². The Labute approximate surface area is 178 Å². The molecule has 1 unspecified atom stereocenters. The smallest absolute Gasteiger partial charge is 0.416 e. The van der Waals surface area contributed by atoms with E-state index in [1.165, 1.54) is 41.3 Å². The minimum atomic E-state index is -4.43. The molecule has 0 radical (unpaired) electrons. The number of carbonyl (C=O) groups excluding carboxylic acids is 1. The fraction of sp³-hybridized carbons (Fsp3) is 0.435. The summed E-state index contributed by atoms with van der Waals surface area (Å²) < 4.78 is 57.7. The Morgan fingerprint density at radius 3 is 2.16 bits per heavy atom. The zero-order chi connectivity index (χ0) is 23.0. The first-order valence-electron chi connectivity index (χ1n) is 9.96. The van der Waals surface area contributed by atoms with Crippen molar-refractivity contribution in [2.75, 3.05) is 6.54 Å². The first-order valence-corrected chi connectivity index (χ1v) is 9.96. The third-order valence-corrected chi connectivity index (χ3v) is 5.55. The number of benzene rings is 2. The van der Waals surface area contributed by atoms with E-state index < -0.39 is 40.9 Å². The normalized spacial score (nSPS) is 21.0. The Bertz CT molecular complexity index is 920. The van der Waals surface area contributed by atoms with Gasteiger partial charge in [-0.2, -0.15) is 13.2 Å². The zero-order valence-corrected chi connectivity index (χ0v) is 17.5. The fourth-order valence-corrected chi connectivity index (χ4v) is 4.03. The Morgan fingerprint density at radius 2 is 1.68 bits per heavy atom. The van der Waals surface area contributed by atoms with Crippen molar-refractivity contribution in [1.29, 1.82) is 0 Å². The topological polar surface area (TPSA) is 49.8 Å². The molecule has 3 rings (SSSR count). The number of halogens is 4. The molecule has 0 saturated carbocycles. The van der Waals surface area contributed by atoms with E-state index in [0.29, 0.717) is 17.5 Å². The Morgan fingerprint density at radius 1 is 1.10 bits per heavy atom. The van der Waals surface area contributed by atoms with Gasteiger partial charge in [-0.3, -0.25) is 0 Å². The number of ether oxygens (including phenoxy) is 1. The number of hydrogen-bond acceptors (Lipinski definition) is 3. The maximum absolute atomic E-state index is 13.4. The van der Waals surface area contributed by atoms with Crippen molar-refractivity contribution in [2.24, 2.45) is 0 Å². The van der Waals surface area contributed by atoms with Crippen LogP contribution in [0.1, 0.15) is 56.3 Å². The second-order valence-corrected chi connectivity index (χ2v) is 8.60. The average molecular weight is 439 g/mol. The molecule has 2 aromatic carbocycles. The van der Waals surface area contributed by atoms with Crippen molar-refractivity contribution in [2.45, 2.75) is 57.0 Å². The first kappa shape index (κ1) is 23.1. The van der Waals surface area contributed by atoms with E-state index in [2.05, 4.69) is 0 Å². The Kier molecular flexibility index (Phi) is 6.06. The van der Waals surface area contributed by atoms with E-state index in [9.17, 15) is 27.5 Å². The van der Waals surface area contributed by atoms with E-state index in [0.717, 1.165) is 12.1 Å². The zero-order valence-electron chi connectivity index (χ0n) is 17.5. The van der Waals surface area contributed by atoms with Crippen molar-refractivity contribution in [3.8, 4) is 0 Å². The molecule has 4 nitrogen and oxygen atoms in total. The highest BCUT2D eigenvalue weighted by molar-refractivity contribution is 5.70. The van der Waals surface area contributed by atoms with Crippen molar-refractivity contribution in [1.82, 2.24) is 4.90 Å². The van der Waals surface area contributed by atoms with Crippen molar-refractivity contribution in [3.63, 3.8) is 0 Å². The molecule has 0 aromatic heterocycles. The largest absolute Gasteiger partial charge is 0.438 e. The van der Waals surface area contributed by atoms with E-state index in [-0.39, 0.29) is 13.0 Å². The van der Waals surface area contributed by atoms with E-state index >= 15 is 0 Å². The molecule has 2 atom stereocenters. The molecule has 1 heterocycles.